The second kappa shape index (κ2) is 8.16. The molecule has 0 amide bonds. The number of aliphatic imine (C=N–C) groups is 1. The third-order valence-electron chi connectivity index (χ3n) is 3.06. The standard InChI is InChI=1S/C13H27N3.HI/c1-4-5-6-9-13(2,3)10-15-12(14)16-11-7-8-11;/h11H,4-10H2,1-3H3,(H3,14,15,16);1H. The van der Waals surface area contributed by atoms with Gasteiger partial charge in [-0.3, -0.25) is 4.99 Å². The molecule has 0 saturated heterocycles. The molecule has 0 aromatic heterocycles. The van der Waals surface area contributed by atoms with Gasteiger partial charge in [0.05, 0.1) is 0 Å². The Morgan fingerprint density at radius 3 is 2.53 bits per heavy atom. The summed E-state index contributed by atoms with van der Waals surface area (Å²) in [5, 5.41) is 3.22. The summed E-state index contributed by atoms with van der Waals surface area (Å²) in [6.07, 6.45) is 7.63. The zero-order valence-electron chi connectivity index (χ0n) is 11.5. The van der Waals surface area contributed by atoms with Gasteiger partial charge in [0.2, 0.25) is 0 Å². The highest BCUT2D eigenvalue weighted by atomic mass is 127. The fraction of sp³-hybridized carbons (Fsp3) is 0.923. The minimum Gasteiger partial charge on any atom is -0.370 e. The molecule has 102 valence electrons. The van der Waals surface area contributed by atoms with Crippen molar-refractivity contribution >= 4 is 29.9 Å². The summed E-state index contributed by atoms with van der Waals surface area (Å²) in [4.78, 5) is 4.44. The van der Waals surface area contributed by atoms with Gasteiger partial charge in [-0.1, -0.05) is 40.0 Å². The van der Waals surface area contributed by atoms with Crippen molar-refractivity contribution in [1.82, 2.24) is 5.32 Å². The Morgan fingerprint density at radius 1 is 1.35 bits per heavy atom. The van der Waals surface area contributed by atoms with Crippen LogP contribution in [0.4, 0.5) is 0 Å². The van der Waals surface area contributed by atoms with Crippen LogP contribution in [0.2, 0.25) is 0 Å². The van der Waals surface area contributed by atoms with Crippen LogP contribution in [0.5, 0.6) is 0 Å². The Kier molecular flexibility index (Phi) is 8.16. The SMILES string of the molecule is CCCCCC(C)(C)CN=C(N)NC1CC1.I. The molecule has 1 rings (SSSR count). The topological polar surface area (TPSA) is 50.4 Å². The minimum absolute atomic E-state index is 0. The van der Waals surface area contributed by atoms with Gasteiger partial charge in [0, 0.05) is 12.6 Å². The first-order valence-electron chi connectivity index (χ1n) is 6.60. The summed E-state index contributed by atoms with van der Waals surface area (Å²) in [5.74, 6) is 0.631. The normalized spacial score (nSPS) is 16.5. The first-order chi connectivity index (χ1) is 7.53. The minimum atomic E-state index is 0. The fourth-order valence-electron chi connectivity index (χ4n) is 1.71. The van der Waals surface area contributed by atoms with Crippen LogP contribution in [0.1, 0.15) is 59.3 Å². The van der Waals surface area contributed by atoms with E-state index < -0.39 is 0 Å². The molecule has 0 radical (unpaired) electrons. The van der Waals surface area contributed by atoms with Crippen LogP contribution in [-0.2, 0) is 0 Å². The van der Waals surface area contributed by atoms with Crippen molar-refractivity contribution in [2.45, 2.75) is 65.3 Å². The van der Waals surface area contributed by atoms with Crippen molar-refractivity contribution in [3.05, 3.63) is 0 Å². The van der Waals surface area contributed by atoms with Crippen LogP contribution in [0.15, 0.2) is 4.99 Å². The molecule has 0 aliphatic heterocycles. The molecule has 3 N–H and O–H groups in total. The number of rotatable bonds is 7. The molecule has 0 unspecified atom stereocenters. The van der Waals surface area contributed by atoms with E-state index in [1.807, 2.05) is 0 Å². The number of guanidine groups is 1. The van der Waals surface area contributed by atoms with Crippen molar-refractivity contribution in [2.75, 3.05) is 6.54 Å². The zero-order valence-corrected chi connectivity index (χ0v) is 13.8. The largest absolute Gasteiger partial charge is 0.370 e. The molecule has 0 aromatic carbocycles. The summed E-state index contributed by atoms with van der Waals surface area (Å²) in [6.45, 7) is 7.62. The van der Waals surface area contributed by atoms with E-state index in [9.17, 15) is 0 Å². The number of nitrogens with one attached hydrogen (secondary N) is 1. The molecule has 1 fully saturated rings. The van der Waals surface area contributed by atoms with E-state index in [1.165, 1.54) is 38.5 Å². The molecule has 0 bridgehead atoms. The molecule has 0 atom stereocenters. The maximum Gasteiger partial charge on any atom is 0.188 e. The highest BCUT2D eigenvalue weighted by Crippen LogP contribution is 2.24. The Labute approximate surface area is 123 Å². The molecular weight excluding hydrogens is 325 g/mol. The first-order valence-corrected chi connectivity index (χ1v) is 6.60. The number of halogens is 1. The molecule has 17 heavy (non-hydrogen) atoms. The lowest BCUT2D eigenvalue weighted by Gasteiger charge is -2.22. The first kappa shape index (κ1) is 17.0. The van der Waals surface area contributed by atoms with E-state index in [0.29, 0.717) is 12.0 Å². The van der Waals surface area contributed by atoms with E-state index in [0.717, 1.165) is 6.54 Å². The molecule has 0 aromatic rings. The molecular formula is C13H28IN3. The molecule has 1 aliphatic rings. The fourth-order valence-corrected chi connectivity index (χ4v) is 1.71. The van der Waals surface area contributed by atoms with Crippen molar-refractivity contribution in [3.63, 3.8) is 0 Å². The Morgan fingerprint density at radius 2 is 2.00 bits per heavy atom. The van der Waals surface area contributed by atoms with E-state index in [4.69, 9.17) is 5.73 Å². The third-order valence-corrected chi connectivity index (χ3v) is 3.06. The molecule has 1 saturated carbocycles. The third kappa shape index (κ3) is 8.69. The average molecular weight is 353 g/mol. The predicted molar refractivity (Wildman–Crippen MR) is 86.0 cm³/mol. The smallest absolute Gasteiger partial charge is 0.188 e. The van der Waals surface area contributed by atoms with Crippen LogP contribution in [0, 0.1) is 5.41 Å². The summed E-state index contributed by atoms with van der Waals surface area (Å²) in [6, 6.07) is 0.604. The van der Waals surface area contributed by atoms with E-state index >= 15 is 0 Å². The number of nitrogens with zero attached hydrogens (tertiary/aromatic N) is 1. The van der Waals surface area contributed by atoms with Gasteiger partial charge in [-0.2, -0.15) is 0 Å². The van der Waals surface area contributed by atoms with E-state index in [1.54, 1.807) is 0 Å². The van der Waals surface area contributed by atoms with Crippen LogP contribution >= 0.6 is 24.0 Å². The molecule has 3 nitrogen and oxygen atoms in total. The number of hydrogen-bond acceptors (Lipinski definition) is 1. The lowest BCUT2D eigenvalue weighted by atomic mass is 9.87. The van der Waals surface area contributed by atoms with Gasteiger partial charge >= 0.3 is 0 Å². The second-order valence-corrected chi connectivity index (χ2v) is 5.74. The molecule has 0 heterocycles. The van der Waals surface area contributed by atoms with Crippen LogP contribution in [0.3, 0.4) is 0 Å². The van der Waals surface area contributed by atoms with Crippen molar-refractivity contribution < 1.29 is 0 Å². The highest BCUT2D eigenvalue weighted by molar-refractivity contribution is 14.0. The quantitative estimate of drug-likeness (QED) is 0.319. The molecule has 0 spiro atoms. The van der Waals surface area contributed by atoms with Crippen LogP contribution in [-0.4, -0.2) is 18.5 Å². The number of unbranched alkanes of at least 4 members (excludes halogenated alkanes) is 2. The van der Waals surface area contributed by atoms with Gasteiger partial charge in [-0.25, -0.2) is 0 Å². The summed E-state index contributed by atoms with van der Waals surface area (Å²) < 4.78 is 0. The van der Waals surface area contributed by atoms with Crippen molar-refractivity contribution in [2.24, 2.45) is 16.1 Å². The van der Waals surface area contributed by atoms with Crippen molar-refractivity contribution in [1.29, 1.82) is 0 Å². The maximum atomic E-state index is 5.82. The summed E-state index contributed by atoms with van der Waals surface area (Å²) in [5.41, 5.74) is 6.10. The van der Waals surface area contributed by atoms with Gasteiger partial charge in [-0.15, -0.1) is 24.0 Å². The predicted octanol–water partition coefficient (Wildman–Crippen LogP) is 3.28. The van der Waals surface area contributed by atoms with Crippen LogP contribution in [0.25, 0.3) is 0 Å². The van der Waals surface area contributed by atoms with Crippen molar-refractivity contribution in [3.8, 4) is 0 Å². The zero-order chi connectivity index (χ0) is 12.0. The van der Waals surface area contributed by atoms with Gasteiger partial charge < -0.3 is 11.1 Å². The van der Waals surface area contributed by atoms with Gasteiger partial charge in [0.15, 0.2) is 5.96 Å². The monoisotopic (exact) mass is 353 g/mol. The second-order valence-electron chi connectivity index (χ2n) is 5.74. The van der Waals surface area contributed by atoms with E-state index in [-0.39, 0.29) is 29.4 Å². The number of hydrogen-bond donors (Lipinski definition) is 2. The van der Waals surface area contributed by atoms with Gasteiger partial charge in [-0.05, 0) is 24.7 Å². The molecule has 1 aliphatic carbocycles. The van der Waals surface area contributed by atoms with Gasteiger partial charge in [0.25, 0.3) is 0 Å². The highest BCUT2D eigenvalue weighted by Gasteiger charge is 2.22. The molecule has 4 heteroatoms. The Bertz CT molecular complexity index is 235. The lowest BCUT2D eigenvalue weighted by molar-refractivity contribution is 0.333. The maximum absolute atomic E-state index is 5.82. The summed E-state index contributed by atoms with van der Waals surface area (Å²) in [7, 11) is 0. The Hall–Kier alpha value is 0. The summed E-state index contributed by atoms with van der Waals surface area (Å²) >= 11 is 0. The van der Waals surface area contributed by atoms with E-state index in [2.05, 4.69) is 31.1 Å². The number of nitrogens with two attached hydrogens (primary N) is 1. The van der Waals surface area contributed by atoms with Crippen LogP contribution < -0.4 is 11.1 Å². The lowest BCUT2D eigenvalue weighted by Crippen LogP contribution is -2.34. The average Bonchev–Trinajstić information content (AvgIpc) is 2.99. The van der Waals surface area contributed by atoms with Gasteiger partial charge in [0.1, 0.15) is 0 Å². The Balaban J connectivity index is 0.00000256.